The van der Waals surface area contributed by atoms with E-state index in [-0.39, 0.29) is 0 Å². The highest BCUT2D eigenvalue weighted by atomic mass is 79.9. The zero-order valence-electron chi connectivity index (χ0n) is 11.5. The van der Waals surface area contributed by atoms with Crippen LogP contribution in [-0.4, -0.2) is 6.54 Å². The predicted octanol–water partition coefficient (Wildman–Crippen LogP) is 4.94. The summed E-state index contributed by atoms with van der Waals surface area (Å²) in [5.41, 5.74) is 4.77. The number of para-hydroxylation sites is 1. The molecule has 2 aromatic rings. The van der Waals surface area contributed by atoms with E-state index in [1.165, 1.54) is 11.1 Å². The van der Waals surface area contributed by atoms with Crippen molar-refractivity contribution in [1.82, 2.24) is 0 Å². The Bertz CT molecular complexity index is 602. The van der Waals surface area contributed by atoms with Crippen LogP contribution in [-0.2, 0) is 5.33 Å². The number of halogens is 1. The summed E-state index contributed by atoms with van der Waals surface area (Å²) in [6, 6.07) is 18.9. The molecule has 2 aromatic carbocycles. The van der Waals surface area contributed by atoms with Gasteiger partial charge in [0.25, 0.3) is 0 Å². The van der Waals surface area contributed by atoms with E-state index in [1.54, 1.807) is 0 Å². The van der Waals surface area contributed by atoms with Crippen molar-refractivity contribution in [3.05, 3.63) is 59.7 Å². The predicted molar refractivity (Wildman–Crippen MR) is 87.5 cm³/mol. The molecule has 0 atom stereocenters. The van der Waals surface area contributed by atoms with Crippen LogP contribution in [0.25, 0.3) is 0 Å². The maximum absolute atomic E-state index is 8.89. The molecule has 0 heterocycles. The SMILES string of the molecule is Cc1ccc(N(CCC#N)c2ccccc2)c(CBr)c1. The van der Waals surface area contributed by atoms with Crippen molar-refractivity contribution >= 4 is 27.3 Å². The molecule has 0 radical (unpaired) electrons. The monoisotopic (exact) mass is 328 g/mol. The fourth-order valence-corrected chi connectivity index (χ4v) is 2.69. The summed E-state index contributed by atoms with van der Waals surface area (Å²) in [5.74, 6) is 0. The number of rotatable bonds is 5. The molecular formula is C17H17BrN2. The number of anilines is 2. The van der Waals surface area contributed by atoms with Crippen molar-refractivity contribution in [2.45, 2.75) is 18.7 Å². The second-order valence-electron chi connectivity index (χ2n) is 4.66. The van der Waals surface area contributed by atoms with E-state index >= 15 is 0 Å². The second kappa shape index (κ2) is 7.12. The van der Waals surface area contributed by atoms with E-state index in [0.29, 0.717) is 13.0 Å². The summed E-state index contributed by atoms with van der Waals surface area (Å²) in [7, 11) is 0. The van der Waals surface area contributed by atoms with Crippen LogP contribution in [0.2, 0.25) is 0 Å². The first-order valence-corrected chi connectivity index (χ1v) is 7.73. The lowest BCUT2D eigenvalue weighted by atomic mass is 10.1. The molecule has 2 nitrogen and oxygen atoms in total. The van der Waals surface area contributed by atoms with Gasteiger partial charge in [0, 0.05) is 23.2 Å². The van der Waals surface area contributed by atoms with Crippen molar-refractivity contribution < 1.29 is 0 Å². The van der Waals surface area contributed by atoms with Crippen molar-refractivity contribution in [3.8, 4) is 6.07 Å². The van der Waals surface area contributed by atoms with Crippen LogP contribution < -0.4 is 4.90 Å². The average Bonchev–Trinajstić information content (AvgIpc) is 2.49. The Morgan fingerprint density at radius 2 is 1.90 bits per heavy atom. The average molecular weight is 329 g/mol. The molecule has 0 aliphatic carbocycles. The molecule has 20 heavy (non-hydrogen) atoms. The highest BCUT2D eigenvalue weighted by molar-refractivity contribution is 9.08. The Kier molecular flexibility index (Phi) is 5.20. The first kappa shape index (κ1) is 14.6. The van der Waals surface area contributed by atoms with Gasteiger partial charge in [0.2, 0.25) is 0 Å². The van der Waals surface area contributed by atoms with E-state index in [2.05, 4.69) is 64.2 Å². The molecule has 0 amide bonds. The largest absolute Gasteiger partial charge is 0.340 e. The quantitative estimate of drug-likeness (QED) is 0.726. The summed E-state index contributed by atoms with van der Waals surface area (Å²) in [6.45, 7) is 2.79. The van der Waals surface area contributed by atoms with E-state index in [9.17, 15) is 0 Å². The van der Waals surface area contributed by atoms with Gasteiger partial charge in [-0.05, 0) is 30.7 Å². The number of hydrogen-bond acceptors (Lipinski definition) is 2. The third-order valence-electron chi connectivity index (χ3n) is 3.18. The van der Waals surface area contributed by atoms with Crippen LogP contribution in [0.1, 0.15) is 17.5 Å². The van der Waals surface area contributed by atoms with Crippen molar-refractivity contribution in [2.24, 2.45) is 0 Å². The highest BCUT2D eigenvalue weighted by Gasteiger charge is 2.12. The Balaban J connectivity index is 2.44. The van der Waals surface area contributed by atoms with Crippen LogP contribution in [0.15, 0.2) is 48.5 Å². The molecule has 0 fully saturated rings. The van der Waals surface area contributed by atoms with Crippen molar-refractivity contribution in [3.63, 3.8) is 0 Å². The molecule has 0 spiro atoms. The van der Waals surface area contributed by atoms with Crippen LogP contribution in [0.4, 0.5) is 11.4 Å². The molecule has 0 unspecified atom stereocenters. The molecule has 0 N–H and O–H groups in total. The molecule has 0 saturated heterocycles. The van der Waals surface area contributed by atoms with Gasteiger partial charge >= 0.3 is 0 Å². The van der Waals surface area contributed by atoms with E-state index < -0.39 is 0 Å². The molecule has 0 aliphatic heterocycles. The number of benzene rings is 2. The smallest absolute Gasteiger partial charge is 0.0640 e. The fraction of sp³-hybridized carbons (Fsp3) is 0.235. The van der Waals surface area contributed by atoms with Crippen LogP contribution in [0, 0.1) is 18.3 Å². The normalized spacial score (nSPS) is 10.1. The third-order valence-corrected chi connectivity index (χ3v) is 3.79. The van der Waals surface area contributed by atoms with Gasteiger partial charge in [0.05, 0.1) is 12.5 Å². The van der Waals surface area contributed by atoms with E-state index in [1.807, 2.05) is 18.2 Å². The summed E-state index contributed by atoms with van der Waals surface area (Å²) in [4.78, 5) is 2.21. The van der Waals surface area contributed by atoms with Crippen LogP contribution >= 0.6 is 15.9 Å². The zero-order valence-corrected chi connectivity index (χ0v) is 13.1. The number of alkyl halides is 1. The molecule has 0 aromatic heterocycles. The van der Waals surface area contributed by atoms with Crippen molar-refractivity contribution in [1.29, 1.82) is 5.26 Å². The van der Waals surface area contributed by atoms with Gasteiger partial charge in [-0.2, -0.15) is 5.26 Å². The molecule has 3 heteroatoms. The first-order valence-electron chi connectivity index (χ1n) is 6.61. The van der Waals surface area contributed by atoms with Gasteiger partial charge < -0.3 is 4.90 Å². The minimum Gasteiger partial charge on any atom is -0.340 e. The maximum Gasteiger partial charge on any atom is 0.0640 e. The fourth-order valence-electron chi connectivity index (χ4n) is 2.24. The standard InChI is InChI=1S/C17H17BrN2/c1-14-8-9-17(15(12-14)13-18)20(11-5-10-19)16-6-3-2-4-7-16/h2-4,6-9,12H,5,11,13H2,1H3. The lowest BCUT2D eigenvalue weighted by molar-refractivity contribution is 0.942. The molecule has 0 saturated carbocycles. The lowest BCUT2D eigenvalue weighted by Gasteiger charge is -2.26. The minimum atomic E-state index is 0.504. The number of hydrogen-bond donors (Lipinski definition) is 0. The lowest BCUT2D eigenvalue weighted by Crippen LogP contribution is -2.19. The topological polar surface area (TPSA) is 27.0 Å². The molecular weight excluding hydrogens is 312 g/mol. The molecule has 2 rings (SSSR count). The van der Waals surface area contributed by atoms with Crippen molar-refractivity contribution in [2.75, 3.05) is 11.4 Å². The number of nitrogens with zero attached hydrogens (tertiary/aromatic N) is 2. The third kappa shape index (κ3) is 3.40. The van der Waals surface area contributed by atoms with Gasteiger partial charge in [-0.1, -0.05) is 51.8 Å². The van der Waals surface area contributed by atoms with Crippen LogP contribution in [0.5, 0.6) is 0 Å². The van der Waals surface area contributed by atoms with Crippen LogP contribution in [0.3, 0.4) is 0 Å². The maximum atomic E-state index is 8.89. The summed E-state index contributed by atoms with van der Waals surface area (Å²) >= 11 is 3.56. The van der Waals surface area contributed by atoms with Gasteiger partial charge in [0.1, 0.15) is 0 Å². The van der Waals surface area contributed by atoms with Gasteiger partial charge in [-0.3, -0.25) is 0 Å². The summed E-state index contributed by atoms with van der Waals surface area (Å²) in [5, 5.41) is 9.70. The Labute approximate surface area is 128 Å². The molecule has 0 bridgehead atoms. The first-order chi connectivity index (χ1) is 9.76. The van der Waals surface area contributed by atoms with Gasteiger partial charge in [-0.15, -0.1) is 0 Å². The summed E-state index contributed by atoms with van der Waals surface area (Å²) < 4.78 is 0. The van der Waals surface area contributed by atoms with Gasteiger partial charge in [0.15, 0.2) is 0 Å². The Hall–Kier alpha value is -1.79. The van der Waals surface area contributed by atoms with Gasteiger partial charge in [-0.25, -0.2) is 0 Å². The number of aryl methyl sites for hydroxylation is 1. The number of nitriles is 1. The second-order valence-corrected chi connectivity index (χ2v) is 5.22. The Morgan fingerprint density at radius 3 is 2.55 bits per heavy atom. The zero-order chi connectivity index (χ0) is 14.4. The highest BCUT2D eigenvalue weighted by Crippen LogP contribution is 2.30. The minimum absolute atomic E-state index is 0.504. The Morgan fingerprint density at radius 1 is 1.15 bits per heavy atom. The summed E-state index contributed by atoms with van der Waals surface area (Å²) in [6.07, 6.45) is 0.504. The van der Waals surface area contributed by atoms with E-state index in [4.69, 9.17) is 5.26 Å². The molecule has 0 aliphatic rings. The van der Waals surface area contributed by atoms with E-state index in [0.717, 1.165) is 16.7 Å². The molecule has 102 valence electrons.